The van der Waals surface area contributed by atoms with E-state index in [1.807, 2.05) is 0 Å². The minimum Gasteiger partial charge on any atom is -0.507 e. The Hall–Kier alpha value is -0.590. The Balaban J connectivity index is 3.35. The first-order chi connectivity index (χ1) is 13.0. The van der Waals surface area contributed by atoms with Crippen LogP contribution in [0.15, 0.2) is 17.0 Å². The third kappa shape index (κ3) is 5.24. The molecule has 1 aromatic rings. The van der Waals surface area contributed by atoms with Gasteiger partial charge in [-0.15, -0.1) is 0 Å². The Labute approximate surface area is 181 Å². The maximum atomic E-state index is 14.0. The van der Waals surface area contributed by atoms with E-state index in [1.54, 1.807) is 0 Å². The first-order valence-electron chi connectivity index (χ1n) is 7.38. The lowest BCUT2D eigenvalue weighted by molar-refractivity contribution is -0.438. The monoisotopic (exact) mass is 606 g/mol. The van der Waals surface area contributed by atoms with E-state index in [9.17, 15) is 48.6 Å². The van der Waals surface area contributed by atoms with Crippen molar-refractivity contribution in [1.29, 1.82) is 0 Å². The highest BCUT2D eigenvalue weighted by Gasteiger charge is 2.74. The zero-order valence-electron chi connectivity index (χ0n) is 15.5. The number of hydrogen-bond donors (Lipinski definition) is 1. The molecule has 0 bridgehead atoms. The molecule has 0 aliphatic rings. The molecule has 30 heavy (non-hydrogen) atoms. The number of halogens is 9. The summed E-state index contributed by atoms with van der Waals surface area (Å²) >= 11 is -0.337. The smallest absolute Gasteiger partial charge is 0.461 e. The summed E-state index contributed by atoms with van der Waals surface area (Å²) in [5.74, 6) is -0.205. The molecule has 0 unspecified atom stereocenters. The van der Waals surface area contributed by atoms with Crippen molar-refractivity contribution < 1.29 is 57.0 Å². The van der Waals surface area contributed by atoms with Gasteiger partial charge in [-0.05, 0) is 49.6 Å². The first-order valence-corrected chi connectivity index (χ1v) is 12.2. The molecule has 0 aliphatic heterocycles. The number of benzene rings is 1. The van der Waals surface area contributed by atoms with E-state index in [-0.39, 0.29) is 44.4 Å². The summed E-state index contributed by atoms with van der Waals surface area (Å²) in [7, 11) is -9.99. The number of phenols is 1. The van der Waals surface area contributed by atoms with E-state index in [0.717, 1.165) is 24.6 Å². The second kappa shape index (κ2) is 8.08. The van der Waals surface area contributed by atoms with E-state index < -0.39 is 41.8 Å². The molecule has 0 atom stereocenters. The molecule has 0 aromatic heterocycles. The summed E-state index contributed by atoms with van der Waals surface area (Å²) in [6.45, 7) is 2.75. The number of rotatable bonds is 8. The molecular weight excluding hydrogens is 591 g/mol. The van der Waals surface area contributed by atoms with Crippen molar-refractivity contribution in [1.82, 2.24) is 0 Å². The van der Waals surface area contributed by atoms with Gasteiger partial charge in [0.1, 0.15) is 5.75 Å². The second-order valence-corrected chi connectivity index (χ2v) is 12.6. The van der Waals surface area contributed by atoms with Crippen molar-refractivity contribution in [3.63, 3.8) is 0 Å². The average Bonchev–Trinajstić information content (AvgIpc) is 2.48. The number of hydrogen-bond acceptors (Lipinski definition) is 5. The Morgan fingerprint density at radius 2 is 1.30 bits per heavy atom. The highest BCUT2D eigenvalue weighted by atomic mass is 127. The van der Waals surface area contributed by atoms with Gasteiger partial charge in [0.05, 0.1) is 0 Å². The summed E-state index contributed by atoms with van der Waals surface area (Å²) in [5.41, 5.74) is 0.354. The fourth-order valence-corrected chi connectivity index (χ4v) is 5.74. The van der Waals surface area contributed by atoms with Crippen LogP contribution in [-0.4, -0.2) is 47.4 Å². The van der Waals surface area contributed by atoms with Gasteiger partial charge in [-0.1, -0.05) is 10.3 Å². The van der Waals surface area contributed by atoms with Crippen molar-refractivity contribution >= 4 is 43.0 Å². The molecule has 5 nitrogen and oxygen atoms in total. The van der Waals surface area contributed by atoms with E-state index in [1.165, 1.54) is 13.8 Å². The Kier molecular flexibility index (Phi) is 7.39. The minimum absolute atomic E-state index is 0.0805. The maximum absolute atomic E-state index is 14.0. The van der Waals surface area contributed by atoms with E-state index in [2.05, 4.69) is 8.37 Å². The zero-order valence-corrected chi connectivity index (χ0v) is 19.2. The number of phenolic OH excluding ortho intramolecular Hbond substituents is 1. The van der Waals surface area contributed by atoms with Crippen LogP contribution in [0.3, 0.4) is 0 Å². The predicted molar refractivity (Wildman–Crippen MR) is 100 cm³/mol. The van der Waals surface area contributed by atoms with Crippen LogP contribution < -0.4 is 0 Å². The lowest BCUT2D eigenvalue weighted by atomic mass is 10.1. The van der Waals surface area contributed by atoms with Gasteiger partial charge in [-0.3, -0.25) is 0 Å². The van der Waals surface area contributed by atoms with Gasteiger partial charge in [0.15, 0.2) is 0 Å². The van der Waals surface area contributed by atoms with Crippen LogP contribution in [0.4, 0.5) is 35.1 Å². The summed E-state index contributed by atoms with van der Waals surface area (Å²) in [6, 6.07) is 2.29. The van der Waals surface area contributed by atoms with E-state index >= 15 is 0 Å². The Morgan fingerprint density at radius 3 is 1.67 bits per heavy atom. The Bertz CT molecular complexity index is 892. The minimum atomic E-state index is -6.69. The second-order valence-electron chi connectivity index (χ2n) is 6.31. The van der Waals surface area contributed by atoms with Crippen LogP contribution in [0.1, 0.15) is 11.1 Å². The van der Waals surface area contributed by atoms with Gasteiger partial charge in [0.25, 0.3) is 0 Å². The van der Waals surface area contributed by atoms with Gasteiger partial charge in [0, 0.05) is 27.5 Å². The maximum Gasteiger partial charge on any atom is 0.461 e. The van der Waals surface area contributed by atoms with Crippen LogP contribution in [0.5, 0.6) is 5.75 Å². The lowest BCUT2D eigenvalue weighted by Crippen LogP contribution is -2.55. The van der Waals surface area contributed by atoms with Crippen molar-refractivity contribution in [3.8, 4) is 5.75 Å². The molecule has 0 saturated heterocycles. The molecule has 0 aliphatic carbocycles. The summed E-state index contributed by atoms with van der Waals surface area (Å²) < 4.78 is 131. The third-order valence-corrected chi connectivity index (χ3v) is 8.47. The largest absolute Gasteiger partial charge is 0.507 e. The molecule has 0 amide bonds. The summed E-state index contributed by atoms with van der Waals surface area (Å²) in [6.07, 6.45) is -10.8. The summed E-state index contributed by atoms with van der Waals surface area (Å²) in [5, 5.41) is 3.26. The van der Waals surface area contributed by atoms with Crippen LogP contribution in [0.25, 0.3) is 0 Å². The molecule has 1 aromatic carbocycles. The fourth-order valence-electron chi connectivity index (χ4n) is 1.93. The van der Waals surface area contributed by atoms with Crippen LogP contribution >= 0.6 is 32.9 Å². The van der Waals surface area contributed by atoms with Crippen molar-refractivity contribution in [2.45, 2.75) is 40.1 Å². The van der Waals surface area contributed by atoms with Gasteiger partial charge < -0.3 is 5.11 Å². The molecule has 1 rings (SSSR count). The topological polar surface area (TPSA) is 72.8 Å². The standard InChI is InChI=1S/C14H15F8IO5S2/c1-7-5-9(6-8(2)10(7)24)29(3,4)28-30(25,26)14(21,22)13(19,20)27-12(17,18)11(15,16)23/h5-6,24H,1-4H3. The highest BCUT2D eigenvalue weighted by molar-refractivity contribution is 14.1. The molecule has 0 spiro atoms. The number of alkyl halides is 9. The first kappa shape index (κ1) is 27.4. The molecule has 16 heteroatoms. The Morgan fingerprint density at radius 1 is 0.900 bits per heavy atom. The molecule has 176 valence electrons. The third-order valence-electron chi connectivity index (χ3n) is 3.53. The number of ether oxygens (including phenoxy) is 1. The van der Waals surface area contributed by atoms with Crippen molar-refractivity contribution in [3.05, 3.63) is 23.3 Å². The van der Waals surface area contributed by atoms with Gasteiger partial charge >= 0.3 is 31.5 Å². The van der Waals surface area contributed by atoms with Crippen molar-refractivity contribution in [2.75, 3.05) is 12.5 Å². The highest BCUT2D eigenvalue weighted by Crippen LogP contribution is 2.57. The van der Waals surface area contributed by atoms with Crippen LogP contribution in [0.2, 0.25) is 0 Å². The van der Waals surface area contributed by atoms with Gasteiger partial charge in [-0.2, -0.15) is 43.5 Å². The van der Waals surface area contributed by atoms with E-state index in [0.29, 0.717) is 0 Å². The summed E-state index contributed by atoms with van der Waals surface area (Å²) in [4.78, 5) is -0.0805. The van der Waals surface area contributed by atoms with Gasteiger partial charge in [-0.25, -0.2) is 8.37 Å². The molecule has 0 radical (unpaired) electrons. The normalized spacial score (nSPS) is 15.4. The SMILES string of the molecule is Cc1cc(S(C)(C)OS(=O)(=O)C(F)(F)C(F)(F)OC(F)(F)C(F)(F)I)cc(C)c1O. The predicted octanol–water partition coefficient (Wildman–Crippen LogP) is 5.52. The number of aryl methyl sites for hydroxylation is 2. The molecular formula is C14H15F8IO5S2. The molecule has 0 saturated carbocycles. The van der Waals surface area contributed by atoms with Crippen LogP contribution in [0, 0.1) is 13.8 Å². The lowest BCUT2D eigenvalue weighted by Gasteiger charge is -2.35. The van der Waals surface area contributed by atoms with Gasteiger partial charge in [0.2, 0.25) is 0 Å². The fraction of sp³-hybridized carbons (Fsp3) is 0.571. The quantitative estimate of drug-likeness (QED) is 0.240. The molecule has 0 heterocycles. The zero-order chi connectivity index (χ0) is 24.1. The van der Waals surface area contributed by atoms with Crippen LogP contribution in [-0.2, 0) is 18.5 Å². The number of aromatic hydroxyl groups is 1. The van der Waals surface area contributed by atoms with Crippen molar-refractivity contribution in [2.24, 2.45) is 0 Å². The molecule has 0 fully saturated rings. The van der Waals surface area contributed by atoms with E-state index in [4.69, 9.17) is 0 Å². The molecule has 1 N–H and O–H groups in total. The average molecular weight is 606 g/mol.